The molecule has 0 fully saturated rings. The molecule has 0 aliphatic carbocycles. The van der Waals surface area contributed by atoms with Crippen LogP contribution in [0.25, 0.3) is 0 Å². The monoisotopic (exact) mass is 269 g/mol. The number of amides is 1. The Hall–Kier alpha value is -0.830. The van der Waals surface area contributed by atoms with Crippen LogP contribution >= 0.6 is 15.9 Å². The van der Waals surface area contributed by atoms with E-state index in [1.807, 2.05) is 26.0 Å². The Balaban J connectivity index is 2.47. The molecule has 0 radical (unpaired) electrons. The highest BCUT2D eigenvalue weighted by Crippen LogP contribution is 2.11. The molecule has 82 valence electrons. The molecule has 1 aromatic rings. The normalized spacial score (nSPS) is 12.2. The Bertz CT molecular complexity index is 321. The van der Waals surface area contributed by atoms with E-state index in [2.05, 4.69) is 33.4 Å². The molecule has 1 atom stereocenters. The summed E-state index contributed by atoms with van der Waals surface area (Å²) in [6.07, 6.45) is 1.42. The summed E-state index contributed by atoms with van der Waals surface area (Å²) in [4.78, 5) is 11.1. The zero-order valence-corrected chi connectivity index (χ0v) is 10.7. The van der Waals surface area contributed by atoms with Gasteiger partial charge in [0.2, 0.25) is 5.91 Å². The van der Waals surface area contributed by atoms with E-state index in [1.165, 1.54) is 5.56 Å². The van der Waals surface area contributed by atoms with Crippen molar-refractivity contribution in [3.05, 3.63) is 34.3 Å². The molecule has 0 unspecified atom stereocenters. The third-order valence-corrected chi connectivity index (χ3v) is 2.71. The lowest BCUT2D eigenvalue weighted by Crippen LogP contribution is -2.33. The molecule has 0 bridgehead atoms. The zero-order chi connectivity index (χ0) is 11.3. The van der Waals surface area contributed by atoms with E-state index in [-0.39, 0.29) is 11.9 Å². The lowest BCUT2D eigenvalue weighted by Gasteiger charge is -2.13. The first-order valence-electron chi connectivity index (χ1n) is 5.15. The van der Waals surface area contributed by atoms with Crippen molar-refractivity contribution < 1.29 is 4.79 Å². The highest BCUT2D eigenvalue weighted by atomic mass is 79.9. The van der Waals surface area contributed by atoms with Crippen molar-refractivity contribution in [2.45, 2.75) is 32.7 Å². The second kappa shape index (κ2) is 5.91. The molecule has 0 spiro atoms. The van der Waals surface area contributed by atoms with Gasteiger partial charge in [-0.2, -0.15) is 0 Å². The van der Waals surface area contributed by atoms with Gasteiger partial charge in [0.25, 0.3) is 0 Å². The molecule has 0 aliphatic rings. The van der Waals surface area contributed by atoms with E-state index < -0.39 is 0 Å². The fraction of sp³-hybridized carbons (Fsp3) is 0.417. The first-order valence-corrected chi connectivity index (χ1v) is 5.95. The Morgan fingerprint density at radius 2 is 2.00 bits per heavy atom. The summed E-state index contributed by atoms with van der Waals surface area (Å²) >= 11 is 3.39. The van der Waals surface area contributed by atoms with Gasteiger partial charge in [-0.15, -0.1) is 0 Å². The molecule has 1 aromatic carbocycles. The molecule has 1 N–H and O–H groups in total. The van der Waals surface area contributed by atoms with E-state index >= 15 is 0 Å². The van der Waals surface area contributed by atoms with Gasteiger partial charge in [0.15, 0.2) is 0 Å². The Morgan fingerprint density at radius 3 is 2.53 bits per heavy atom. The minimum absolute atomic E-state index is 0.111. The van der Waals surface area contributed by atoms with Crippen molar-refractivity contribution in [2.75, 3.05) is 0 Å². The summed E-state index contributed by atoms with van der Waals surface area (Å²) in [5.41, 5.74) is 1.24. The highest BCUT2D eigenvalue weighted by Gasteiger charge is 2.05. The van der Waals surface area contributed by atoms with Crippen molar-refractivity contribution in [2.24, 2.45) is 0 Å². The number of hydrogen-bond acceptors (Lipinski definition) is 1. The zero-order valence-electron chi connectivity index (χ0n) is 9.09. The Kier molecular flexibility index (Phi) is 4.82. The van der Waals surface area contributed by atoms with Crippen LogP contribution in [0.3, 0.4) is 0 Å². The predicted molar refractivity (Wildman–Crippen MR) is 65.7 cm³/mol. The second-order valence-electron chi connectivity index (χ2n) is 3.65. The molecule has 0 saturated carbocycles. The van der Waals surface area contributed by atoms with Gasteiger partial charge < -0.3 is 5.32 Å². The standard InChI is InChI=1S/C12H16BrNO/c1-3-12(15)14-9(2)8-10-4-6-11(13)7-5-10/h4-7,9H,3,8H2,1-2H3,(H,14,15)/t9-/m1/s1. The van der Waals surface area contributed by atoms with Crippen molar-refractivity contribution in [1.29, 1.82) is 0 Å². The molecule has 1 amide bonds. The van der Waals surface area contributed by atoms with Crippen molar-refractivity contribution in [3.63, 3.8) is 0 Å². The number of nitrogens with one attached hydrogen (secondary N) is 1. The maximum absolute atomic E-state index is 11.1. The molecule has 0 saturated heterocycles. The third-order valence-electron chi connectivity index (χ3n) is 2.18. The Labute approximate surface area is 99.2 Å². The molecular formula is C12H16BrNO. The number of carbonyl (C=O) groups excluding carboxylic acids is 1. The summed E-state index contributed by atoms with van der Waals surface area (Å²) < 4.78 is 1.08. The van der Waals surface area contributed by atoms with E-state index in [0.717, 1.165) is 10.9 Å². The molecule has 3 heteroatoms. The molecule has 1 rings (SSSR count). The number of halogens is 1. The minimum Gasteiger partial charge on any atom is -0.353 e. The Morgan fingerprint density at radius 1 is 1.40 bits per heavy atom. The topological polar surface area (TPSA) is 29.1 Å². The van der Waals surface area contributed by atoms with Gasteiger partial charge in [0.1, 0.15) is 0 Å². The van der Waals surface area contributed by atoms with Crippen LogP contribution in [-0.2, 0) is 11.2 Å². The average Bonchev–Trinajstić information content (AvgIpc) is 2.21. The summed E-state index contributed by atoms with van der Waals surface area (Å²) in [7, 11) is 0. The van der Waals surface area contributed by atoms with Crippen molar-refractivity contribution in [1.82, 2.24) is 5.32 Å². The fourth-order valence-corrected chi connectivity index (χ4v) is 1.67. The van der Waals surface area contributed by atoms with Crippen LogP contribution in [-0.4, -0.2) is 11.9 Å². The first kappa shape index (κ1) is 12.2. The van der Waals surface area contributed by atoms with Crippen LogP contribution in [0.4, 0.5) is 0 Å². The second-order valence-corrected chi connectivity index (χ2v) is 4.57. The molecule has 0 aromatic heterocycles. The van der Waals surface area contributed by atoms with Crippen LogP contribution in [0.5, 0.6) is 0 Å². The number of rotatable bonds is 4. The molecular weight excluding hydrogens is 254 g/mol. The van der Waals surface area contributed by atoms with Gasteiger partial charge in [0, 0.05) is 16.9 Å². The third kappa shape index (κ3) is 4.47. The summed E-state index contributed by atoms with van der Waals surface area (Å²) in [6.45, 7) is 3.89. The van der Waals surface area contributed by atoms with E-state index in [4.69, 9.17) is 0 Å². The molecule has 0 aliphatic heterocycles. The quantitative estimate of drug-likeness (QED) is 0.895. The SMILES string of the molecule is CCC(=O)N[C@H](C)Cc1ccc(Br)cc1. The van der Waals surface area contributed by atoms with Gasteiger partial charge >= 0.3 is 0 Å². The number of benzene rings is 1. The van der Waals surface area contributed by atoms with Crippen LogP contribution in [0.2, 0.25) is 0 Å². The van der Waals surface area contributed by atoms with Gasteiger partial charge in [-0.3, -0.25) is 4.79 Å². The van der Waals surface area contributed by atoms with Gasteiger partial charge in [0.05, 0.1) is 0 Å². The maximum Gasteiger partial charge on any atom is 0.219 e. The highest BCUT2D eigenvalue weighted by molar-refractivity contribution is 9.10. The lowest BCUT2D eigenvalue weighted by atomic mass is 10.1. The van der Waals surface area contributed by atoms with Gasteiger partial charge in [-0.25, -0.2) is 0 Å². The largest absolute Gasteiger partial charge is 0.353 e. The number of carbonyl (C=O) groups is 1. The van der Waals surface area contributed by atoms with Gasteiger partial charge in [-0.1, -0.05) is 35.0 Å². The first-order chi connectivity index (χ1) is 7.11. The average molecular weight is 270 g/mol. The van der Waals surface area contributed by atoms with E-state index in [0.29, 0.717) is 6.42 Å². The van der Waals surface area contributed by atoms with Crippen LogP contribution in [0, 0.1) is 0 Å². The van der Waals surface area contributed by atoms with Crippen molar-refractivity contribution >= 4 is 21.8 Å². The lowest BCUT2D eigenvalue weighted by molar-refractivity contribution is -0.121. The predicted octanol–water partition coefficient (Wildman–Crippen LogP) is 2.91. The minimum atomic E-state index is 0.111. The van der Waals surface area contributed by atoms with Gasteiger partial charge in [-0.05, 0) is 31.0 Å². The number of hydrogen-bond donors (Lipinski definition) is 1. The van der Waals surface area contributed by atoms with E-state index in [9.17, 15) is 4.79 Å². The molecule has 2 nitrogen and oxygen atoms in total. The summed E-state index contributed by atoms with van der Waals surface area (Å²) in [6, 6.07) is 8.36. The summed E-state index contributed by atoms with van der Waals surface area (Å²) in [5.74, 6) is 0.111. The molecule has 0 heterocycles. The maximum atomic E-state index is 11.1. The summed E-state index contributed by atoms with van der Waals surface area (Å²) in [5, 5.41) is 2.94. The van der Waals surface area contributed by atoms with E-state index in [1.54, 1.807) is 0 Å². The fourth-order valence-electron chi connectivity index (χ4n) is 1.40. The van der Waals surface area contributed by atoms with Crippen LogP contribution < -0.4 is 5.32 Å². The van der Waals surface area contributed by atoms with Crippen LogP contribution in [0.1, 0.15) is 25.8 Å². The van der Waals surface area contributed by atoms with Crippen molar-refractivity contribution in [3.8, 4) is 0 Å². The smallest absolute Gasteiger partial charge is 0.219 e. The van der Waals surface area contributed by atoms with Crippen LogP contribution in [0.15, 0.2) is 28.7 Å². The molecule has 15 heavy (non-hydrogen) atoms.